The Hall–Kier alpha value is -0.194. The molecule has 0 saturated carbocycles. The molecule has 0 nitrogen and oxygen atoms in total. The minimum Gasteiger partial charge on any atom is -0.116 e. The van der Waals surface area contributed by atoms with Crippen LogP contribution in [-0.2, 0) is 33.9 Å². The van der Waals surface area contributed by atoms with Crippen molar-refractivity contribution in [3.05, 3.63) is 64.2 Å². The minimum absolute atomic E-state index is 0.198. The van der Waals surface area contributed by atoms with Crippen LogP contribution in [0.4, 0.5) is 0 Å². The summed E-state index contributed by atoms with van der Waals surface area (Å²) in [6.07, 6.45) is 1.40. The van der Waals surface area contributed by atoms with E-state index in [0.717, 1.165) is 0 Å². The van der Waals surface area contributed by atoms with Crippen LogP contribution in [0.25, 0.3) is 0 Å². The van der Waals surface area contributed by atoms with Gasteiger partial charge in [-0.3, -0.25) is 0 Å². The van der Waals surface area contributed by atoms with E-state index in [1.165, 1.54) is 39.5 Å². The zero-order valence-corrected chi connectivity index (χ0v) is 29.1. The summed E-state index contributed by atoms with van der Waals surface area (Å²) in [6, 6.07) is 13.6. The van der Waals surface area contributed by atoms with Crippen LogP contribution in [0.2, 0.25) is 0 Å². The molecule has 2 rings (SSSR count). The number of aryl methyl sites for hydroxylation is 1. The molecule has 0 N–H and O–H groups in total. The Labute approximate surface area is 225 Å². The van der Waals surface area contributed by atoms with Crippen molar-refractivity contribution in [1.82, 2.24) is 0 Å². The van der Waals surface area contributed by atoms with Gasteiger partial charge >= 0.3 is 137 Å². The second kappa shape index (κ2) is 13.9. The Balaban J connectivity index is 0.000000642. The van der Waals surface area contributed by atoms with E-state index in [4.69, 9.17) is 0 Å². The summed E-state index contributed by atoms with van der Waals surface area (Å²) in [5, 5.41) is 1.54. The molecular formula is C31H52OsP2. The molecule has 0 heterocycles. The summed E-state index contributed by atoms with van der Waals surface area (Å²) >= 11 is 2.05. The number of hydrogen-bond donors (Lipinski definition) is 0. The summed E-state index contributed by atoms with van der Waals surface area (Å²) < 4.78 is 0. The van der Waals surface area contributed by atoms with Crippen LogP contribution in [0.1, 0.15) is 110 Å². The molecule has 3 heteroatoms. The van der Waals surface area contributed by atoms with Gasteiger partial charge in [-0.2, -0.15) is 0 Å². The second-order valence-electron chi connectivity index (χ2n) is 13.2. The van der Waals surface area contributed by atoms with Gasteiger partial charge in [0.1, 0.15) is 0 Å². The van der Waals surface area contributed by atoms with Crippen molar-refractivity contribution >= 4 is 19.6 Å². The monoisotopic (exact) mass is 678 g/mol. The first-order chi connectivity index (χ1) is 15.2. The Morgan fingerprint density at radius 3 is 1.29 bits per heavy atom. The van der Waals surface area contributed by atoms with E-state index >= 15 is 0 Å². The fourth-order valence-electron chi connectivity index (χ4n) is 3.25. The van der Waals surface area contributed by atoms with Crippen LogP contribution < -0.4 is 5.30 Å². The standard InChI is InChI=1S/C18H29P.C10H14.C3H9P.Os/c1-16(2,3)12-10-13(17(4,5)6)15(19)14(11-12)18(7,8)9;1-8(2)10-6-4-9(3)5-7-10;1-4(2)3;/h10-11H,1-9H3;4-8H,1-3H3;1-3H3;. The van der Waals surface area contributed by atoms with Crippen LogP contribution in [0.3, 0.4) is 0 Å². The van der Waals surface area contributed by atoms with Gasteiger partial charge in [-0.25, -0.2) is 0 Å². The van der Waals surface area contributed by atoms with Gasteiger partial charge in [0.15, 0.2) is 0 Å². The van der Waals surface area contributed by atoms with Crippen LogP contribution in [0.5, 0.6) is 0 Å². The smallest absolute Gasteiger partial charge is 0.0219 e. The fraction of sp³-hybridized carbons (Fsp3) is 0.613. The maximum atomic E-state index is 2.45. The molecule has 0 radical (unpaired) electrons. The van der Waals surface area contributed by atoms with Gasteiger partial charge in [-0.1, -0.05) is 43.7 Å². The number of hydrogen-bond acceptors (Lipinski definition) is 0. The topological polar surface area (TPSA) is 0 Å². The fourth-order valence-corrected chi connectivity index (χ4v) is 6.05. The van der Waals surface area contributed by atoms with E-state index in [2.05, 4.69) is 139 Å². The van der Waals surface area contributed by atoms with Crippen molar-refractivity contribution in [2.45, 2.75) is 105 Å². The molecule has 0 amide bonds. The van der Waals surface area contributed by atoms with Crippen molar-refractivity contribution in [3.63, 3.8) is 0 Å². The quantitative estimate of drug-likeness (QED) is 0.278. The minimum atomic E-state index is 0.198. The summed E-state index contributed by atoms with van der Waals surface area (Å²) in [7, 11) is 0.380. The number of rotatable bonds is 2. The molecule has 0 bridgehead atoms. The zero-order chi connectivity index (χ0) is 27.1. The molecular weight excluding hydrogens is 625 g/mol. The van der Waals surface area contributed by atoms with E-state index in [1.54, 1.807) is 0 Å². The van der Waals surface area contributed by atoms with Gasteiger partial charge in [0.25, 0.3) is 0 Å². The molecule has 0 unspecified atom stereocenters. The number of benzene rings is 2. The Bertz CT molecular complexity index is 849. The van der Waals surface area contributed by atoms with Crippen molar-refractivity contribution in [3.8, 4) is 0 Å². The molecule has 34 heavy (non-hydrogen) atoms. The average Bonchev–Trinajstić information content (AvgIpc) is 2.65. The summed E-state index contributed by atoms with van der Waals surface area (Å²) in [5.74, 6) is 0.653. The summed E-state index contributed by atoms with van der Waals surface area (Å²) in [5.41, 5.74) is 7.86. The van der Waals surface area contributed by atoms with E-state index in [-0.39, 0.29) is 16.2 Å². The van der Waals surface area contributed by atoms with Crippen LogP contribution in [-0.4, -0.2) is 20.0 Å². The SMILES string of the molecule is CC(C)(C)c1cc(C(C)(C)C)c([P]=[Os])c(C(C)(C)C)c1.CP(C)C.Cc1ccc(C(C)C)cc1. The van der Waals surface area contributed by atoms with Crippen LogP contribution in [0.15, 0.2) is 36.4 Å². The first-order valence-electron chi connectivity index (χ1n) is 12.4. The summed E-state index contributed by atoms with van der Waals surface area (Å²) in [6.45, 7) is 34.2. The van der Waals surface area contributed by atoms with Gasteiger partial charge in [-0.15, -0.1) is 7.92 Å². The van der Waals surface area contributed by atoms with Gasteiger partial charge in [0.05, 0.1) is 0 Å². The third kappa shape index (κ3) is 12.2. The molecule has 0 aromatic heterocycles. The van der Waals surface area contributed by atoms with E-state index in [9.17, 15) is 0 Å². The van der Waals surface area contributed by atoms with Crippen molar-refractivity contribution in [2.75, 3.05) is 20.0 Å². The molecule has 0 fully saturated rings. The van der Waals surface area contributed by atoms with E-state index < -0.39 is 0 Å². The predicted molar refractivity (Wildman–Crippen MR) is 159 cm³/mol. The van der Waals surface area contributed by atoms with Gasteiger partial charge in [-0.05, 0) is 38.4 Å². The van der Waals surface area contributed by atoms with Crippen molar-refractivity contribution < 1.29 is 17.6 Å². The largest absolute Gasteiger partial charge is 0.116 e. The zero-order valence-electron chi connectivity index (χ0n) is 24.8. The third-order valence-electron chi connectivity index (χ3n) is 5.42. The van der Waals surface area contributed by atoms with Crippen LogP contribution >= 0.6 is 14.3 Å². The molecule has 2 aromatic rings. The Morgan fingerprint density at radius 2 is 1.06 bits per heavy atom. The average molecular weight is 677 g/mol. The molecule has 0 aliphatic carbocycles. The van der Waals surface area contributed by atoms with Gasteiger partial charge in [0.2, 0.25) is 0 Å². The van der Waals surface area contributed by atoms with Crippen LogP contribution in [0, 0.1) is 6.92 Å². The molecule has 0 aliphatic rings. The van der Waals surface area contributed by atoms with E-state index in [0.29, 0.717) is 13.8 Å². The maximum Gasteiger partial charge on any atom is -0.0219 e. The maximum absolute atomic E-state index is 2.45. The van der Waals surface area contributed by atoms with Crippen molar-refractivity contribution in [2.24, 2.45) is 0 Å². The Morgan fingerprint density at radius 1 is 0.706 bits per heavy atom. The van der Waals surface area contributed by atoms with Gasteiger partial charge < -0.3 is 0 Å². The molecule has 0 aliphatic heterocycles. The third-order valence-corrected chi connectivity index (χ3v) is 7.76. The van der Waals surface area contributed by atoms with Gasteiger partial charge in [0, 0.05) is 0 Å². The molecule has 0 spiro atoms. The normalized spacial score (nSPS) is 12.3. The first-order valence-corrected chi connectivity index (χ1v) is 19.2. The molecule has 2 aromatic carbocycles. The van der Waals surface area contributed by atoms with Crippen molar-refractivity contribution in [1.29, 1.82) is 0 Å². The predicted octanol–water partition coefficient (Wildman–Crippen LogP) is 10.1. The Kier molecular flexibility index (Phi) is 13.9. The first kappa shape index (κ1) is 33.8. The molecule has 194 valence electrons. The second-order valence-corrected chi connectivity index (χ2v) is 18.1. The molecule has 0 atom stereocenters. The molecule has 0 saturated heterocycles. The summed E-state index contributed by atoms with van der Waals surface area (Å²) in [4.78, 5) is 0. The van der Waals surface area contributed by atoms with E-state index in [1.807, 2.05) is 17.6 Å².